The number of hydrogen-bond donors (Lipinski definition) is 0. The van der Waals surface area contributed by atoms with Crippen molar-refractivity contribution < 1.29 is 23.9 Å². The van der Waals surface area contributed by atoms with Crippen LogP contribution in [0.1, 0.15) is 46.5 Å². The van der Waals surface area contributed by atoms with Crippen LogP contribution < -0.4 is 0 Å². The molecule has 0 fully saturated rings. The van der Waals surface area contributed by atoms with Gasteiger partial charge in [-0.25, -0.2) is 19.4 Å². The van der Waals surface area contributed by atoms with Crippen molar-refractivity contribution in [3.05, 3.63) is 12.2 Å². The van der Waals surface area contributed by atoms with Crippen LogP contribution in [-0.2, 0) is 23.9 Å². The van der Waals surface area contributed by atoms with E-state index in [1.807, 2.05) is 0 Å². The molecule has 6 nitrogen and oxygen atoms in total. The van der Waals surface area contributed by atoms with Gasteiger partial charge in [0.05, 0.1) is 19.8 Å². The summed E-state index contributed by atoms with van der Waals surface area (Å²) in [6.07, 6.45) is 8.29. The molecular formula is C15H25NO5. The highest BCUT2D eigenvalue weighted by molar-refractivity contribution is 5.91. The monoisotopic (exact) mass is 299 g/mol. The maximum absolute atomic E-state index is 10.6. The van der Waals surface area contributed by atoms with Crippen LogP contribution in [0.2, 0.25) is 0 Å². The number of carbonyl (C=O) groups is 2. The molecule has 0 radical (unpaired) electrons. The Morgan fingerprint density at radius 2 is 1.48 bits per heavy atom. The van der Waals surface area contributed by atoms with Gasteiger partial charge in [-0.15, -0.1) is 0 Å². The second-order valence-corrected chi connectivity index (χ2v) is 3.87. The summed E-state index contributed by atoms with van der Waals surface area (Å²) in [6, 6.07) is 0. The fraction of sp³-hybridized carbons (Fsp3) is 0.667. The van der Waals surface area contributed by atoms with Gasteiger partial charge in [0, 0.05) is 12.2 Å². The number of ether oxygens (including phenoxy) is 2. The summed E-state index contributed by atoms with van der Waals surface area (Å²) < 4.78 is 9.07. The van der Waals surface area contributed by atoms with Gasteiger partial charge in [-0.1, -0.05) is 26.2 Å². The Kier molecular flexibility index (Phi) is 18.4. The van der Waals surface area contributed by atoms with E-state index in [2.05, 4.69) is 21.4 Å². The van der Waals surface area contributed by atoms with Gasteiger partial charge in [-0.3, -0.25) is 0 Å². The number of nitrogens with zero attached hydrogens (tertiary/aromatic N) is 1. The molecule has 120 valence electrons. The molecule has 0 N–H and O–H groups in total. The van der Waals surface area contributed by atoms with Crippen LogP contribution in [0.25, 0.3) is 0 Å². The summed E-state index contributed by atoms with van der Waals surface area (Å²) in [6.45, 7) is 6.79. The summed E-state index contributed by atoms with van der Waals surface area (Å²) in [5, 5.41) is 0. The van der Waals surface area contributed by atoms with Crippen molar-refractivity contribution in [2.75, 3.05) is 19.8 Å². The van der Waals surface area contributed by atoms with E-state index in [-0.39, 0.29) is 0 Å². The van der Waals surface area contributed by atoms with Crippen molar-refractivity contribution in [1.82, 2.24) is 0 Å². The first-order valence-corrected chi connectivity index (χ1v) is 7.17. The van der Waals surface area contributed by atoms with Gasteiger partial charge in [-0.05, 0) is 20.3 Å². The van der Waals surface area contributed by atoms with Gasteiger partial charge < -0.3 is 9.47 Å². The van der Waals surface area contributed by atoms with Crippen molar-refractivity contribution >= 4 is 18.0 Å². The van der Waals surface area contributed by atoms with Crippen molar-refractivity contribution in [1.29, 1.82) is 0 Å². The molecule has 0 saturated heterocycles. The van der Waals surface area contributed by atoms with Crippen LogP contribution in [0.15, 0.2) is 17.1 Å². The van der Waals surface area contributed by atoms with Crippen LogP contribution in [0, 0.1) is 0 Å². The summed E-state index contributed by atoms with van der Waals surface area (Å²) in [5.74, 6) is -1.07. The second kappa shape index (κ2) is 18.1. The first kappa shape index (κ1) is 21.4. The van der Waals surface area contributed by atoms with Crippen LogP contribution >= 0.6 is 0 Å². The molecule has 0 saturated carbocycles. The molecule has 0 aromatic carbocycles. The zero-order chi connectivity index (χ0) is 16.3. The number of aliphatic imine (C=N–C) groups is 1. The lowest BCUT2D eigenvalue weighted by Gasteiger charge is -1.95. The molecule has 0 aromatic heterocycles. The van der Waals surface area contributed by atoms with Crippen molar-refractivity contribution in [3.63, 3.8) is 0 Å². The first-order chi connectivity index (χ1) is 10.1. The SMILES string of the molecule is CCCCCCN=C=O.CCOC(=O)/C=C/C(=O)OCC. The number of isocyanates is 1. The van der Waals surface area contributed by atoms with Crippen molar-refractivity contribution in [3.8, 4) is 0 Å². The molecule has 0 aromatic rings. The molecule has 0 amide bonds. The summed E-state index contributed by atoms with van der Waals surface area (Å²) in [4.78, 5) is 34.3. The number of esters is 2. The van der Waals surface area contributed by atoms with Gasteiger partial charge in [-0.2, -0.15) is 0 Å². The molecule has 21 heavy (non-hydrogen) atoms. The zero-order valence-electron chi connectivity index (χ0n) is 13.1. The lowest BCUT2D eigenvalue weighted by molar-refractivity contribution is -0.140. The third-order valence-electron chi connectivity index (χ3n) is 2.12. The van der Waals surface area contributed by atoms with E-state index >= 15 is 0 Å². The molecule has 0 aliphatic heterocycles. The van der Waals surface area contributed by atoms with Crippen molar-refractivity contribution in [2.45, 2.75) is 46.5 Å². The van der Waals surface area contributed by atoms with Gasteiger partial charge in [0.15, 0.2) is 0 Å². The molecule has 0 spiro atoms. The normalized spacial score (nSPS) is 9.29. The Bertz CT molecular complexity index is 326. The van der Waals surface area contributed by atoms with Crippen LogP contribution in [-0.4, -0.2) is 37.8 Å². The minimum atomic E-state index is -0.537. The van der Waals surface area contributed by atoms with Gasteiger partial charge in [0.25, 0.3) is 0 Å². The Balaban J connectivity index is 0. The van der Waals surface area contributed by atoms with E-state index in [0.717, 1.165) is 18.6 Å². The van der Waals surface area contributed by atoms with E-state index in [4.69, 9.17) is 0 Å². The molecule has 0 heterocycles. The average Bonchev–Trinajstić information content (AvgIpc) is 2.46. The van der Waals surface area contributed by atoms with E-state index in [1.165, 1.54) is 25.3 Å². The summed E-state index contributed by atoms with van der Waals surface area (Å²) in [5.41, 5.74) is 0. The highest BCUT2D eigenvalue weighted by Crippen LogP contribution is 1.97. The zero-order valence-corrected chi connectivity index (χ0v) is 13.1. The Morgan fingerprint density at radius 3 is 1.86 bits per heavy atom. The minimum Gasteiger partial charge on any atom is -0.463 e. The largest absolute Gasteiger partial charge is 0.463 e. The smallest absolute Gasteiger partial charge is 0.330 e. The number of rotatable bonds is 9. The average molecular weight is 299 g/mol. The summed E-state index contributed by atoms with van der Waals surface area (Å²) in [7, 11) is 0. The molecule has 0 atom stereocenters. The maximum atomic E-state index is 10.6. The topological polar surface area (TPSA) is 82.0 Å². The van der Waals surface area contributed by atoms with E-state index in [1.54, 1.807) is 13.8 Å². The van der Waals surface area contributed by atoms with Gasteiger partial charge in [0.2, 0.25) is 6.08 Å². The van der Waals surface area contributed by atoms with Crippen LogP contribution in [0.3, 0.4) is 0 Å². The van der Waals surface area contributed by atoms with E-state index < -0.39 is 11.9 Å². The molecular weight excluding hydrogens is 274 g/mol. The van der Waals surface area contributed by atoms with Crippen LogP contribution in [0.5, 0.6) is 0 Å². The number of hydrogen-bond acceptors (Lipinski definition) is 6. The first-order valence-electron chi connectivity index (χ1n) is 7.17. The fourth-order valence-corrected chi connectivity index (χ4v) is 1.18. The molecule has 0 unspecified atom stereocenters. The third kappa shape index (κ3) is 20.5. The predicted molar refractivity (Wildman–Crippen MR) is 79.5 cm³/mol. The standard InChI is InChI=1S/C8H12O4.C7H13NO/c1-3-11-7(9)5-6-8(10)12-4-2;1-2-3-4-5-6-8-7-9/h5-6H,3-4H2,1-2H3;2-6H2,1H3/b6-5+;. The fourth-order valence-electron chi connectivity index (χ4n) is 1.18. The van der Waals surface area contributed by atoms with Gasteiger partial charge >= 0.3 is 11.9 Å². The molecule has 0 aliphatic carbocycles. The highest BCUT2D eigenvalue weighted by Gasteiger charge is 1.97. The molecule has 0 rings (SSSR count). The Hall–Kier alpha value is -1.94. The van der Waals surface area contributed by atoms with Gasteiger partial charge in [0.1, 0.15) is 0 Å². The number of unbranched alkanes of at least 4 members (excludes halogenated alkanes) is 3. The molecule has 6 heteroatoms. The highest BCUT2D eigenvalue weighted by atomic mass is 16.5. The Morgan fingerprint density at radius 1 is 0.952 bits per heavy atom. The lowest BCUT2D eigenvalue weighted by atomic mass is 10.2. The van der Waals surface area contributed by atoms with E-state index in [0.29, 0.717) is 19.8 Å². The Labute approximate surface area is 126 Å². The van der Waals surface area contributed by atoms with Crippen molar-refractivity contribution in [2.24, 2.45) is 4.99 Å². The summed E-state index contributed by atoms with van der Waals surface area (Å²) >= 11 is 0. The number of carbonyl (C=O) groups excluding carboxylic acids is 3. The molecule has 0 bridgehead atoms. The van der Waals surface area contributed by atoms with E-state index in [9.17, 15) is 14.4 Å². The van der Waals surface area contributed by atoms with Crippen LogP contribution in [0.4, 0.5) is 0 Å². The maximum Gasteiger partial charge on any atom is 0.330 e. The third-order valence-corrected chi connectivity index (χ3v) is 2.12. The minimum absolute atomic E-state index is 0.298. The predicted octanol–water partition coefficient (Wildman–Crippen LogP) is 2.57. The molecule has 0 aliphatic rings. The quantitative estimate of drug-likeness (QED) is 0.215. The lowest BCUT2D eigenvalue weighted by Crippen LogP contribution is -2.03. The second-order valence-electron chi connectivity index (χ2n) is 3.87.